The van der Waals surface area contributed by atoms with Crippen molar-refractivity contribution in [1.29, 1.82) is 0 Å². The number of imidazole rings is 1. The maximum atomic E-state index is 4.68. The standard InChI is InChI=1S/C14H23N3S/c1-5-14(3,4)12(15-6-2)9-11-10-17-7-8-18-13(17)16-11/h7-8,10,12,15H,5-6,9H2,1-4H3. The first-order valence-corrected chi connectivity index (χ1v) is 7.59. The zero-order valence-electron chi connectivity index (χ0n) is 11.7. The third kappa shape index (κ3) is 2.75. The van der Waals surface area contributed by atoms with Crippen molar-refractivity contribution in [3.05, 3.63) is 23.5 Å². The SMILES string of the molecule is CCNC(Cc1cn2ccsc2n1)C(C)(C)CC. The van der Waals surface area contributed by atoms with Crippen LogP contribution in [0, 0.1) is 5.41 Å². The van der Waals surface area contributed by atoms with Crippen LogP contribution in [0.3, 0.4) is 0 Å². The molecule has 2 aromatic heterocycles. The summed E-state index contributed by atoms with van der Waals surface area (Å²) in [5, 5.41) is 5.69. The maximum absolute atomic E-state index is 4.68. The van der Waals surface area contributed by atoms with Gasteiger partial charge in [-0.1, -0.05) is 27.7 Å². The van der Waals surface area contributed by atoms with Crippen molar-refractivity contribution < 1.29 is 0 Å². The van der Waals surface area contributed by atoms with Gasteiger partial charge in [-0.05, 0) is 18.4 Å². The zero-order valence-corrected chi connectivity index (χ0v) is 12.5. The number of hydrogen-bond acceptors (Lipinski definition) is 3. The molecule has 0 aromatic carbocycles. The quantitative estimate of drug-likeness (QED) is 0.868. The van der Waals surface area contributed by atoms with E-state index >= 15 is 0 Å². The Balaban J connectivity index is 2.15. The highest BCUT2D eigenvalue weighted by molar-refractivity contribution is 7.15. The number of fused-ring (bicyclic) bond motifs is 1. The van der Waals surface area contributed by atoms with Gasteiger partial charge in [-0.2, -0.15) is 0 Å². The molecule has 0 aliphatic carbocycles. The number of nitrogens with one attached hydrogen (secondary N) is 1. The van der Waals surface area contributed by atoms with Crippen LogP contribution in [-0.4, -0.2) is 22.0 Å². The maximum Gasteiger partial charge on any atom is 0.193 e. The van der Waals surface area contributed by atoms with Crippen molar-refractivity contribution in [1.82, 2.24) is 14.7 Å². The molecule has 0 bridgehead atoms. The lowest BCUT2D eigenvalue weighted by Crippen LogP contribution is -2.43. The van der Waals surface area contributed by atoms with E-state index in [1.54, 1.807) is 11.3 Å². The van der Waals surface area contributed by atoms with Gasteiger partial charge in [-0.3, -0.25) is 4.40 Å². The first kappa shape index (κ1) is 13.6. The first-order valence-electron chi connectivity index (χ1n) is 6.71. The number of aromatic nitrogens is 2. The van der Waals surface area contributed by atoms with Gasteiger partial charge in [-0.15, -0.1) is 11.3 Å². The van der Waals surface area contributed by atoms with Crippen LogP contribution in [0.2, 0.25) is 0 Å². The Labute approximate surface area is 113 Å². The monoisotopic (exact) mass is 265 g/mol. The molecule has 18 heavy (non-hydrogen) atoms. The average molecular weight is 265 g/mol. The summed E-state index contributed by atoms with van der Waals surface area (Å²) in [5.41, 5.74) is 1.49. The largest absolute Gasteiger partial charge is 0.313 e. The predicted molar refractivity (Wildman–Crippen MR) is 78.3 cm³/mol. The van der Waals surface area contributed by atoms with E-state index in [0.717, 1.165) is 17.9 Å². The fourth-order valence-electron chi connectivity index (χ4n) is 2.20. The Kier molecular flexibility index (Phi) is 4.07. The molecule has 0 saturated heterocycles. The highest BCUT2D eigenvalue weighted by Crippen LogP contribution is 2.27. The number of likely N-dealkylation sites (N-methyl/N-ethyl adjacent to an activating group) is 1. The molecule has 0 amide bonds. The van der Waals surface area contributed by atoms with Crippen LogP contribution in [0.4, 0.5) is 0 Å². The smallest absolute Gasteiger partial charge is 0.193 e. The van der Waals surface area contributed by atoms with Crippen LogP contribution >= 0.6 is 11.3 Å². The summed E-state index contributed by atoms with van der Waals surface area (Å²) in [4.78, 5) is 5.78. The molecule has 2 rings (SSSR count). The Morgan fingerprint density at radius 3 is 2.83 bits per heavy atom. The third-order valence-corrected chi connectivity index (χ3v) is 4.63. The molecule has 0 spiro atoms. The van der Waals surface area contributed by atoms with Gasteiger partial charge >= 0.3 is 0 Å². The minimum atomic E-state index is 0.299. The Bertz CT molecular complexity index is 469. The van der Waals surface area contributed by atoms with E-state index in [0.29, 0.717) is 11.5 Å². The molecule has 3 nitrogen and oxygen atoms in total. The normalized spacial score (nSPS) is 14.2. The topological polar surface area (TPSA) is 29.3 Å². The van der Waals surface area contributed by atoms with Crippen LogP contribution in [0.1, 0.15) is 39.8 Å². The zero-order chi connectivity index (χ0) is 13.2. The van der Waals surface area contributed by atoms with E-state index in [9.17, 15) is 0 Å². The number of thiazole rings is 1. The summed E-state index contributed by atoms with van der Waals surface area (Å²) in [6.07, 6.45) is 6.40. The average Bonchev–Trinajstić information content (AvgIpc) is 2.89. The van der Waals surface area contributed by atoms with E-state index < -0.39 is 0 Å². The first-order chi connectivity index (χ1) is 8.56. The van der Waals surface area contributed by atoms with Crippen LogP contribution in [0.5, 0.6) is 0 Å². The molecule has 1 atom stereocenters. The van der Waals surface area contributed by atoms with Crippen LogP contribution in [0.25, 0.3) is 4.96 Å². The summed E-state index contributed by atoms with van der Waals surface area (Å²) < 4.78 is 2.11. The summed E-state index contributed by atoms with van der Waals surface area (Å²) in [5.74, 6) is 0. The minimum Gasteiger partial charge on any atom is -0.313 e. The van der Waals surface area contributed by atoms with Crippen molar-refractivity contribution in [3.8, 4) is 0 Å². The van der Waals surface area contributed by atoms with E-state index in [1.807, 2.05) is 0 Å². The highest BCUT2D eigenvalue weighted by Gasteiger charge is 2.27. The van der Waals surface area contributed by atoms with Gasteiger partial charge in [-0.25, -0.2) is 4.98 Å². The molecule has 0 aliphatic rings. The molecule has 1 unspecified atom stereocenters. The predicted octanol–water partition coefficient (Wildman–Crippen LogP) is 3.35. The molecule has 0 radical (unpaired) electrons. The van der Waals surface area contributed by atoms with Gasteiger partial charge in [0.25, 0.3) is 0 Å². The van der Waals surface area contributed by atoms with Gasteiger partial charge in [0, 0.05) is 30.2 Å². The highest BCUT2D eigenvalue weighted by atomic mass is 32.1. The summed E-state index contributed by atoms with van der Waals surface area (Å²) in [6, 6.07) is 0.483. The van der Waals surface area contributed by atoms with Gasteiger partial charge in [0.05, 0.1) is 5.69 Å². The molecular weight excluding hydrogens is 242 g/mol. The molecule has 100 valence electrons. The number of nitrogens with zero attached hydrogens (tertiary/aromatic N) is 2. The second-order valence-electron chi connectivity index (χ2n) is 5.48. The molecule has 4 heteroatoms. The number of hydrogen-bond donors (Lipinski definition) is 1. The van der Waals surface area contributed by atoms with Crippen molar-refractivity contribution >= 4 is 16.3 Å². The van der Waals surface area contributed by atoms with Crippen molar-refractivity contribution in [2.45, 2.75) is 46.6 Å². The summed E-state index contributed by atoms with van der Waals surface area (Å²) in [6.45, 7) is 10.1. The second-order valence-corrected chi connectivity index (χ2v) is 6.35. The van der Waals surface area contributed by atoms with E-state index in [1.165, 1.54) is 12.1 Å². The van der Waals surface area contributed by atoms with Crippen LogP contribution in [-0.2, 0) is 6.42 Å². The lowest BCUT2D eigenvalue weighted by molar-refractivity contribution is 0.231. The van der Waals surface area contributed by atoms with Gasteiger partial charge in [0.15, 0.2) is 4.96 Å². The lowest BCUT2D eigenvalue weighted by atomic mass is 9.79. The molecule has 2 heterocycles. The molecule has 0 saturated carbocycles. The second kappa shape index (κ2) is 5.41. The van der Waals surface area contributed by atoms with Crippen molar-refractivity contribution in [3.63, 3.8) is 0 Å². The molecule has 0 aliphatic heterocycles. The van der Waals surface area contributed by atoms with Crippen LogP contribution in [0.15, 0.2) is 17.8 Å². The van der Waals surface area contributed by atoms with Gasteiger partial charge in [0.1, 0.15) is 0 Å². The molecule has 0 fully saturated rings. The Morgan fingerprint density at radius 2 is 2.22 bits per heavy atom. The van der Waals surface area contributed by atoms with Crippen molar-refractivity contribution in [2.24, 2.45) is 5.41 Å². The van der Waals surface area contributed by atoms with Gasteiger partial charge in [0.2, 0.25) is 0 Å². The Morgan fingerprint density at radius 1 is 1.44 bits per heavy atom. The van der Waals surface area contributed by atoms with Crippen molar-refractivity contribution in [2.75, 3.05) is 6.54 Å². The summed E-state index contributed by atoms with van der Waals surface area (Å²) >= 11 is 1.69. The lowest BCUT2D eigenvalue weighted by Gasteiger charge is -2.33. The molecule has 2 aromatic rings. The third-order valence-electron chi connectivity index (χ3n) is 3.86. The number of rotatable bonds is 6. The van der Waals surface area contributed by atoms with E-state index in [-0.39, 0.29) is 0 Å². The van der Waals surface area contributed by atoms with Gasteiger partial charge < -0.3 is 5.32 Å². The fraction of sp³-hybridized carbons (Fsp3) is 0.643. The Hall–Kier alpha value is -0.870. The van der Waals surface area contributed by atoms with E-state index in [2.05, 4.69) is 60.2 Å². The minimum absolute atomic E-state index is 0.299. The fourth-order valence-corrected chi connectivity index (χ4v) is 2.92. The van der Waals surface area contributed by atoms with Crippen LogP contribution < -0.4 is 5.32 Å². The molecular formula is C14H23N3S. The summed E-state index contributed by atoms with van der Waals surface area (Å²) in [7, 11) is 0. The molecule has 1 N–H and O–H groups in total. The van der Waals surface area contributed by atoms with E-state index in [4.69, 9.17) is 0 Å².